The lowest BCUT2D eigenvalue weighted by molar-refractivity contribution is 0.102. The summed E-state index contributed by atoms with van der Waals surface area (Å²) in [5, 5.41) is 11.7. The molecule has 2 heterocycles. The monoisotopic (exact) mass is 405 g/mol. The van der Waals surface area contributed by atoms with Gasteiger partial charge in [0.25, 0.3) is 5.91 Å². The van der Waals surface area contributed by atoms with Gasteiger partial charge in [-0.05, 0) is 55.1 Å². The highest BCUT2D eigenvalue weighted by Crippen LogP contribution is 2.23. The number of benzene rings is 2. The molecule has 0 saturated heterocycles. The maximum atomic E-state index is 12.6. The molecule has 2 aromatic heterocycles. The Morgan fingerprint density at radius 2 is 1.93 bits per heavy atom. The molecule has 0 aliphatic rings. The molecule has 6 heteroatoms. The van der Waals surface area contributed by atoms with E-state index in [4.69, 9.17) is 4.74 Å². The number of fused-ring (bicyclic) bond motifs is 1. The zero-order chi connectivity index (χ0) is 20.4. The van der Waals surface area contributed by atoms with Crippen molar-refractivity contribution >= 4 is 33.8 Å². The molecule has 0 radical (unpaired) electrons. The van der Waals surface area contributed by atoms with E-state index in [-0.39, 0.29) is 11.9 Å². The fourth-order valence-electron chi connectivity index (χ4n) is 3.18. The summed E-state index contributed by atoms with van der Waals surface area (Å²) in [6.45, 7) is 6.41. The molecule has 148 valence electrons. The molecule has 0 saturated carbocycles. The van der Waals surface area contributed by atoms with Gasteiger partial charge >= 0.3 is 0 Å². The summed E-state index contributed by atoms with van der Waals surface area (Å²) in [5.41, 5.74) is 1.85. The molecule has 0 fully saturated rings. The minimum absolute atomic E-state index is 0.131. The van der Waals surface area contributed by atoms with Gasteiger partial charge in [0, 0.05) is 17.7 Å². The molecule has 0 aliphatic carbocycles. The molecule has 1 amide bonds. The number of aryl methyl sites for hydroxylation is 1. The smallest absolute Gasteiger partial charge is 0.266 e. The number of hydrogen-bond acceptors (Lipinski definition) is 4. The van der Waals surface area contributed by atoms with Crippen LogP contribution < -0.4 is 10.1 Å². The minimum atomic E-state index is -0.131. The molecule has 0 unspecified atom stereocenters. The molecule has 0 aliphatic heterocycles. The van der Waals surface area contributed by atoms with Crippen molar-refractivity contribution < 1.29 is 9.53 Å². The maximum Gasteiger partial charge on any atom is 0.266 e. The van der Waals surface area contributed by atoms with Crippen LogP contribution in [0.3, 0.4) is 0 Å². The van der Waals surface area contributed by atoms with Gasteiger partial charge in [-0.1, -0.05) is 30.3 Å². The second kappa shape index (κ2) is 8.09. The van der Waals surface area contributed by atoms with Crippen LogP contribution in [0.4, 0.5) is 5.82 Å². The van der Waals surface area contributed by atoms with E-state index >= 15 is 0 Å². The summed E-state index contributed by atoms with van der Waals surface area (Å²) in [5.74, 6) is 1.40. The first-order valence-electron chi connectivity index (χ1n) is 9.56. The second-order valence-corrected chi connectivity index (χ2v) is 8.19. The molecular weight excluding hydrogens is 382 g/mol. The lowest BCUT2D eigenvalue weighted by Gasteiger charge is -2.11. The van der Waals surface area contributed by atoms with Gasteiger partial charge in [-0.2, -0.15) is 5.10 Å². The van der Waals surface area contributed by atoms with Gasteiger partial charge in [-0.3, -0.25) is 4.79 Å². The van der Waals surface area contributed by atoms with Crippen LogP contribution in [0.25, 0.3) is 10.8 Å². The van der Waals surface area contributed by atoms with Gasteiger partial charge in [0.05, 0.1) is 10.6 Å². The lowest BCUT2D eigenvalue weighted by Crippen LogP contribution is -2.15. The first-order valence-corrected chi connectivity index (χ1v) is 10.4. The molecule has 4 rings (SSSR count). The van der Waals surface area contributed by atoms with E-state index in [9.17, 15) is 4.79 Å². The van der Waals surface area contributed by atoms with E-state index in [1.54, 1.807) is 0 Å². The van der Waals surface area contributed by atoms with Crippen molar-refractivity contribution in [2.45, 2.75) is 33.4 Å². The highest BCUT2D eigenvalue weighted by Gasteiger charge is 2.15. The number of hydrogen-bond donors (Lipinski definition) is 1. The standard InChI is InChI=1S/C23H23N3O2S/c1-15(2)26-22(10-16(3)25-26)24-23(27)21-11-17(14-29-21)13-28-20-9-8-18-6-4-5-7-19(18)12-20/h4-12,14-15H,13H2,1-3H3,(H,24,27). The fourth-order valence-corrected chi connectivity index (χ4v) is 3.97. The minimum Gasteiger partial charge on any atom is -0.489 e. The summed E-state index contributed by atoms with van der Waals surface area (Å²) < 4.78 is 7.75. The number of carbonyl (C=O) groups excluding carboxylic acids is 1. The average molecular weight is 406 g/mol. The summed E-state index contributed by atoms with van der Waals surface area (Å²) in [6.07, 6.45) is 0. The third-order valence-corrected chi connectivity index (χ3v) is 5.57. The van der Waals surface area contributed by atoms with Gasteiger partial charge in [0.1, 0.15) is 18.2 Å². The molecule has 4 aromatic rings. The zero-order valence-corrected chi connectivity index (χ0v) is 17.5. The summed E-state index contributed by atoms with van der Waals surface area (Å²) in [7, 11) is 0. The van der Waals surface area contributed by atoms with E-state index in [0.29, 0.717) is 17.3 Å². The Morgan fingerprint density at radius 3 is 2.72 bits per heavy atom. The zero-order valence-electron chi connectivity index (χ0n) is 16.7. The predicted octanol–water partition coefficient (Wildman–Crippen LogP) is 5.82. The van der Waals surface area contributed by atoms with E-state index in [0.717, 1.165) is 22.4 Å². The Hall–Kier alpha value is -3.12. The SMILES string of the molecule is Cc1cc(NC(=O)c2cc(COc3ccc4ccccc4c3)cs2)n(C(C)C)n1. The second-order valence-electron chi connectivity index (χ2n) is 7.28. The number of carbonyl (C=O) groups is 1. The normalized spacial score (nSPS) is 11.2. The van der Waals surface area contributed by atoms with Crippen LogP contribution >= 0.6 is 11.3 Å². The van der Waals surface area contributed by atoms with Gasteiger partial charge in [-0.25, -0.2) is 4.68 Å². The molecule has 2 aromatic carbocycles. The van der Waals surface area contributed by atoms with Crippen molar-refractivity contribution in [1.29, 1.82) is 0 Å². The lowest BCUT2D eigenvalue weighted by atomic mass is 10.1. The first-order chi connectivity index (χ1) is 14.0. The van der Waals surface area contributed by atoms with Crippen LogP contribution in [0, 0.1) is 6.92 Å². The molecule has 0 atom stereocenters. The Labute approximate surface area is 173 Å². The van der Waals surface area contributed by atoms with E-state index in [2.05, 4.69) is 28.6 Å². The van der Waals surface area contributed by atoms with Gasteiger partial charge in [0.2, 0.25) is 0 Å². The Morgan fingerprint density at radius 1 is 1.14 bits per heavy atom. The topological polar surface area (TPSA) is 56.1 Å². The average Bonchev–Trinajstić information content (AvgIpc) is 3.33. The largest absolute Gasteiger partial charge is 0.489 e. The molecule has 0 bridgehead atoms. The predicted molar refractivity (Wildman–Crippen MR) is 118 cm³/mol. The van der Waals surface area contributed by atoms with E-state index in [1.165, 1.54) is 16.7 Å². The number of nitrogens with one attached hydrogen (secondary N) is 1. The van der Waals surface area contributed by atoms with Crippen molar-refractivity contribution in [3.05, 3.63) is 76.1 Å². The van der Waals surface area contributed by atoms with Crippen LogP contribution in [-0.2, 0) is 6.61 Å². The van der Waals surface area contributed by atoms with E-state index < -0.39 is 0 Å². The van der Waals surface area contributed by atoms with Crippen molar-refractivity contribution in [3.8, 4) is 5.75 Å². The van der Waals surface area contributed by atoms with Crippen LogP contribution in [-0.4, -0.2) is 15.7 Å². The Bertz CT molecular complexity index is 1160. The molecule has 1 N–H and O–H groups in total. The quantitative estimate of drug-likeness (QED) is 0.440. The molecular formula is C23H23N3O2S. The van der Waals surface area contributed by atoms with Crippen LogP contribution in [0.1, 0.15) is 40.8 Å². The number of nitrogens with zero attached hydrogens (tertiary/aromatic N) is 2. The third kappa shape index (κ3) is 4.32. The Kier molecular flexibility index (Phi) is 5.36. The van der Waals surface area contributed by atoms with Crippen molar-refractivity contribution in [1.82, 2.24) is 9.78 Å². The third-order valence-electron chi connectivity index (χ3n) is 4.59. The summed E-state index contributed by atoms with van der Waals surface area (Å²) >= 11 is 1.41. The Balaban J connectivity index is 1.42. The number of aromatic nitrogens is 2. The van der Waals surface area contributed by atoms with Crippen molar-refractivity contribution in [2.75, 3.05) is 5.32 Å². The molecule has 29 heavy (non-hydrogen) atoms. The highest BCUT2D eigenvalue weighted by molar-refractivity contribution is 7.12. The van der Waals surface area contributed by atoms with Crippen LogP contribution in [0.5, 0.6) is 5.75 Å². The van der Waals surface area contributed by atoms with Crippen molar-refractivity contribution in [3.63, 3.8) is 0 Å². The number of amides is 1. The number of anilines is 1. The number of thiophene rings is 1. The van der Waals surface area contributed by atoms with Crippen molar-refractivity contribution in [2.24, 2.45) is 0 Å². The highest BCUT2D eigenvalue weighted by atomic mass is 32.1. The fraction of sp³-hybridized carbons (Fsp3) is 0.217. The van der Waals surface area contributed by atoms with Gasteiger partial charge < -0.3 is 10.1 Å². The number of ether oxygens (including phenoxy) is 1. The summed E-state index contributed by atoms with van der Waals surface area (Å²) in [6, 6.07) is 18.2. The van der Waals surface area contributed by atoms with Crippen LogP contribution in [0.2, 0.25) is 0 Å². The summed E-state index contributed by atoms with van der Waals surface area (Å²) in [4.78, 5) is 13.3. The van der Waals surface area contributed by atoms with Crippen LogP contribution in [0.15, 0.2) is 60.0 Å². The maximum absolute atomic E-state index is 12.6. The number of rotatable bonds is 6. The van der Waals surface area contributed by atoms with Gasteiger partial charge in [0.15, 0.2) is 0 Å². The first kappa shape index (κ1) is 19.2. The van der Waals surface area contributed by atoms with Gasteiger partial charge in [-0.15, -0.1) is 11.3 Å². The molecule has 5 nitrogen and oxygen atoms in total. The van der Waals surface area contributed by atoms with E-state index in [1.807, 2.05) is 67.2 Å². The molecule has 0 spiro atoms.